The van der Waals surface area contributed by atoms with Gasteiger partial charge in [-0.15, -0.1) is 6.58 Å². The van der Waals surface area contributed by atoms with E-state index in [-0.39, 0.29) is 18.5 Å². The van der Waals surface area contributed by atoms with Gasteiger partial charge in [-0.3, -0.25) is 19.7 Å². The Hall–Kier alpha value is -3.49. The fourth-order valence-corrected chi connectivity index (χ4v) is 2.01. The molecule has 0 spiro atoms. The summed E-state index contributed by atoms with van der Waals surface area (Å²) in [6.07, 6.45) is 1.22. The summed E-state index contributed by atoms with van der Waals surface area (Å²) in [4.78, 5) is 46.3. The number of fused-ring (bicyclic) bond motifs is 1. The third-order valence-corrected chi connectivity index (χ3v) is 3.11. The molecule has 0 saturated carbocycles. The normalized spacial score (nSPS) is 10.1. The number of urea groups is 1. The Morgan fingerprint density at radius 3 is 2.68 bits per heavy atom. The lowest BCUT2D eigenvalue weighted by atomic mass is 10.1. The highest BCUT2D eigenvalue weighted by Gasteiger charge is 2.14. The molecular weight excluding hydrogens is 328 g/mol. The van der Waals surface area contributed by atoms with Crippen LogP contribution >= 0.6 is 0 Å². The molecule has 0 unspecified atom stereocenters. The van der Waals surface area contributed by atoms with Gasteiger partial charge in [-0.1, -0.05) is 24.3 Å². The summed E-state index contributed by atoms with van der Waals surface area (Å²) >= 11 is 0. The van der Waals surface area contributed by atoms with E-state index in [2.05, 4.69) is 22.1 Å². The molecule has 3 N–H and O–H groups in total. The monoisotopic (exact) mass is 344 g/mol. The molecule has 0 fully saturated rings. The molecule has 0 radical (unpaired) electrons. The Morgan fingerprint density at radius 2 is 1.96 bits per heavy atom. The van der Waals surface area contributed by atoms with E-state index < -0.39 is 24.5 Å². The van der Waals surface area contributed by atoms with Crippen LogP contribution < -0.4 is 16.2 Å². The molecule has 1 aromatic heterocycles. The van der Waals surface area contributed by atoms with Gasteiger partial charge >= 0.3 is 12.0 Å². The van der Waals surface area contributed by atoms with E-state index in [1.807, 2.05) is 5.32 Å². The van der Waals surface area contributed by atoms with Gasteiger partial charge in [0.25, 0.3) is 11.5 Å². The molecular formula is C16H16N4O5. The summed E-state index contributed by atoms with van der Waals surface area (Å²) in [5.74, 6) is -1.49. The predicted molar refractivity (Wildman–Crippen MR) is 88.8 cm³/mol. The number of aromatic amines is 1. The molecule has 0 saturated heterocycles. The largest absolute Gasteiger partial charge is 0.455 e. The molecule has 0 bridgehead atoms. The number of esters is 1. The summed E-state index contributed by atoms with van der Waals surface area (Å²) < 4.78 is 4.81. The molecule has 1 aromatic carbocycles. The summed E-state index contributed by atoms with van der Waals surface area (Å²) in [6, 6.07) is 5.97. The minimum absolute atomic E-state index is 0.198. The van der Waals surface area contributed by atoms with Crippen LogP contribution in [0.1, 0.15) is 5.69 Å². The number of carbonyl (C=O) groups is 3. The maximum atomic E-state index is 11.9. The molecule has 2 rings (SSSR count). The third kappa shape index (κ3) is 4.99. The van der Waals surface area contributed by atoms with Crippen LogP contribution in [0.2, 0.25) is 0 Å². The van der Waals surface area contributed by atoms with Crippen molar-refractivity contribution in [3.8, 4) is 0 Å². The van der Waals surface area contributed by atoms with E-state index in [0.29, 0.717) is 16.5 Å². The summed E-state index contributed by atoms with van der Waals surface area (Å²) in [7, 11) is 0. The van der Waals surface area contributed by atoms with Gasteiger partial charge in [0.05, 0.1) is 17.5 Å². The Morgan fingerprint density at radius 1 is 1.24 bits per heavy atom. The number of amides is 3. The standard InChI is InChI=1S/C16H16N4O5/c1-2-7-17-16(24)18-13(21)9-25-14(22)8-12-10-5-3-4-6-11(10)15(23)20-19-12/h2-6H,1,7-9H2,(H,20,23)(H2,17,18,21,24). The third-order valence-electron chi connectivity index (χ3n) is 3.11. The van der Waals surface area contributed by atoms with E-state index >= 15 is 0 Å². The van der Waals surface area contributed by atoms with Gasteiger partial charge < -0.3 is 10.1 Å². The molecule has 0 aliphatic heterocycles. The van der Waals surface area contributed by atoms with Crippen molar-refractivity contribution in [3.63, 3.8) is 0 Å². The number of hydrogen-bond acceptors (Lipinski definition) is 6. The van der Waals surface area contributed by atoms with E-state index in [9.17, 15) is 19.2 Å². The van der Waals surface area contributed by atoms with Crippen LogP contribution in [0.4, 0.5) is 4.79 Å². The predicted octanol–water partition coefficient (Wildman–Crippen LogP) is 0.0206. The van der Waals surface area contributed by atoms with E-state index in [0.717, 1.165) is 0 Å². The lowest BCUT2D eigenvalue weighted by Gasteiger charge is -2.07. The van der Waals surface area contributed by atoms with E-state index in [1.54, 1.807) is 24.3 Å². The van der Waals surface area contributed by atoms with Gasteiger partial charge in [0.1, 0.15) is 0 Å². The molecule has 9 heteroatoms. The lowest BCUT2D eigenvalue weighted by molar-refractivity contribution is -0.147. The van der Waals surface area contributed by atoms with Crippen molar-refractivity contribution in [2.24, 2.45) is 0 Å². The van der Waals surface area contributed by atoms with Crippen LogP contribution in [0, 0.1) is 0 Å². The van der Waals surface area contributed by atoms with Crippen LogP contribution in [-0.2, 0) is 20.7 Å². The second-order valence-corrected chi connectivity index (χ2v) is 4.93. The zero-order chi connectivity index (χ0) is 18.2. The van der Waals surface area contributed by atoms with Crippen LogP contribution in [0.15, 0.2) is 41.7 Å². The molecule has 1 heterocycles. The van der Waals surface area contributed by atoms with E-state index in [1.165, 1.54) is 6.08 Å². The molecule has 0 aliphatic rings. The number of imide groups is 1. The van der Waals surface area contributed by atoms with Crippen molar-refractivity contribution in [3.05, 3.63) is 53.0 Å². The Labute approximate surface area is 142 Å². The molecule has 3 amide bonds. The van der Waals surface area contributed by atoms with Gasteiger partial charge in [0, 0.05) is 11.9 Å². The number of nitrogens with zero attached hydrogens (tertiary/aromatic N) is 1. The minimum Gasteiger partial charge on any atom is -0.455 e. The summed E-state index contributed by atoms with van der Waals surface area (Å²) in [5, 5.41) is 11.4. The van der Waals surface area contributed by atoms with Crippen LogP contribution in [0.5, 0.6) is 0 Å². The number of carbonyl (C=O) groups excluding carboxylic acids is 3. The zero-order valence-corrected chi connectivity index (χ0v) is 13.2. The number of ether oxygens (including phenoxy) is 1. The van der Waals surface area contributed by atoms with Gasteiger partial charge in [0.15, 0.2) is 6.61 Å². The first-order chi connectivity index (χ1) is 12.0. The maximum absolute atomic E-state index is 11.9. The average molecular weight is 344 g/mol. The minimum atomic E-state index is -0.769. The van der Waals surface area contributed by atoms with Crippen molar-refractivity contribution in [2.45, 2.75) is 6.42 Å². The number of hydrogen-bond donors (Lipinski definition) is 3. The average Bonchev–Trinajstić information content (AvgIpc) is 2.61. The van der Waals surface area contributed by atoms with Crippen molar-refractivity contribution in [1.29, 1.82) is 0 Å². The number of H-pyrrole nitrogens is 1. The SMILES string of the molecule is C=CCNC(=O)NC(=O)COC(=O)Cc1n[nH]c(=O)c2ccccc12. The zero-order valence-electron chi connectivity index (χ0n) is 13.2. The Balaban J connectivity index is 1.92. The van der Waals surface area contributed by atoms with Gasteiger partial charge in [-0.05, 0) is 6.07 Å². The summed E-state index contributed by atoms with van der Waals surface area (Å²) in [6.45, 7) is 3.00. The fourth-order valence-electron chi connectivity index (χ4n) is 2.01. The molecule has 130 valence electrons. The first-order valence-corrected chi connectivity index (χ1v) is 7.31. The highest BCUT2D eigenvalue weighted by atomic mass is 16.5. The topological polar surface area (TPSA) is 130 Å². The van der Waals surface area contributed by atoms with Crippen molar-refractivity contribution < 1.29 is 19.1 Å². The van der Waals surface area contributed by atoms with Crippen LogP contribution in [0.3, 0.4) is 0 Å². The highest BCUT2D eigenvalue weighted by molar-refractivity contribution is 5.95. The molecule has 9 nitrogen and oxygen atoms in total. The van der Waals surface area contributed by atoms with Crippen molar-refractivity contribution in [2.75, 3.05) is 13.2 Å². The molecule has 25 heavy (non-hydrogen) atoms. The smallest absolute Gasteiger partial charge is 0.321 e. The van der Waals surface area contributed by atoms with Crippen molar-refractivity contribution in [1.82, 2.24) is 20.8 Å². The quantitative estimate of drug-likeness (QED) is 0.500. The maximum Gasteiger partial charge on any atom is 0.321 e. The van der Waals surface area contributed by atoms with Crippen LogP contribution in [0.25, 0.3) is 10.8 Å². The Kier molecular flexibility index (Phi) is 5.99. The van der Waals surface area contributed by atoms with Crippen molar-refractivity contribution >= 4 is 28.7 Å². The summed E-state index contributed by atoms with van der Waals surface area (Å²) in [5.41, 5.74) is -0.0398. The second-order valence-electron chi connectivity index (χ2n) is 4.93. The highest BCUT2D eigenvalue weighted by Crippen LogP contribution is 2.13. The van der Waals surface area contributed by atoms with Gasteiger partial charge in [-0.25, -0.2) is 9.89 Å². The first-order valence-electron chi connectivity index (χ1n) is 7.31. The van der Waals surface area contributed by atoms with E-state index in [4.69, 9.17) is 4.74 Å². The van der Waals surface area contributed by atoms with Gasteiger partial charge in [-0.2, -0.15) is 5.10 Å². The Bertz CT molecular complexity index is 874. The number of nitrogens with one attached hydrogen (secondary N) is 3. The lowest BCUT2D eigenvalue weighted by Crippen LogP contribution is -2.41. The fraction of sp³-hybridized carbons (Fsp3) is 0.188. The molecule has 2 aromatic rings. The second kappa shape index (κ2) is 8.39. The number of benzene rings is 1. The number of rotatable bonds is 6. The number of aromatic nitrogens is 2. The molecule has 0 atom stereocenters. The van der Waals surface area contributed by atoms with Gasteiger partial charge in [0.2, 0.25) is 0 Å². The molecule has 0 aliphatic carbocycles. The first kappa shape index (κ1) is 17.9. The van der Waals surface area contributed by atoms with Crippen LogP contribution in [-0.4, -0.2) is 41.3 Å².